The second kappa shape index (κ2) is 8.26. The Morgan fingerprint density at radius 3 is 2.85 bits per heavy atom. The molecule has 1 heterocycles. The number of methoxy groups -OCH3 is 1. The lowest BCUT2D eigenvalue weighted by Gasteiger charge is -2.18. The summed E-state index contributed by atoms with van der Waals surface area (Å²) in [7, 11) is 1.47. The van der Waals surface area contributed by atoms with Crippen LogP contribution in [0.25, 0.3) is 0 Å². The van der Waals surface area contributed by atoms with Gasteiger partial charge < -0.3 is 19.3 Å². The third-order valence-electron chi connectivity index (χ3n) is 3.64. The van der Waals surface area contributed by atoms with Gasteiger partial charge in [-0.2, -0.15) is 5.10 Å². The number of fused-ring (bicyclic) bond motifs is 1. The molecule has 2 N–H and O–H groups in total. The highest BCUT2D eigenvalue weighted by Gasteiger charge is 2.13. The van der Waals surface area contributed by atoms with Gasteiger partial charge in [-0.05, 0) is 58.0 Å². The number of amides is 1. The standard InChI is InChI=1S/C18H17IN2O5/c1-24-16-8-12(6-13(19)18(16)23)10-20-21-17(22)9-11-2-3-14-15(7-11)26-5-4-25-14/h2-3,6-8,10,23H,4-5,9H2,1H3,(H,21,22)/b20-10+. The molecule has 0 fully saturated rings. The van der Waals surface area contributed by atoms with Crippen LogP contribution >= 0.6 is 22.6 Å². The number of aromatic hydroxyl groups is 1. The second-order valence-corrected chi connectivity index (χ2v) is 6.66. The van der Waals surface area contributed by atoms with Crippen LogP contribution in [0.4, 0.5) is 0 Å². The molecule has 8 heteroatoms. The molecule has 0 bridgehead atoms. The molecule has 0 aromatic heterocycles. The van der Waals surface area contributed by atoms with E-state index in [1.807, 2.05) is 28.7 Å². The van der Waals surface area contributed by atoms with Gasteiger partial charge in [-0.15, -0.1) is 0 Å². The number of phenolic OH excluding ortho intramolecular Hbond substituents is 1. The molecule has 0 saturated carbocycles. The van der Waals surface area contributed by atoms with Gasteiger partial charge in [0.05, 0.1) is 23.3 Å². The van der Waals surface area contributed by atoms with Gasteiger partial charge >= 0.3 is 0 Å². The number of phenols is 1. The van der Waals surface area contributed by atoms with Crippen LogP contribution < -0.4 is 19.6 Å². The monoisotopic (exact) mass is 468 g/mol. The van der Waals surface area contributed by atoms with Crippen molar-refractivity contribution >= 4 is 34.7 Å². The molecule has 0 radical (unpaired) electrons. The summed E-state index contributed by atoms with van der Waals surface area (Å²) in [5.41, 5.74) is 3.99. The third kappa shape index (κ3) is 4.37. The summed E-state index contributed by atoms with van der Waals surface area (Å²) >= 11 is 2.00. The second-order valence-electron chi connectivity index (χ2n) is 5.50. The van der Waals surface area contributed by atoms with E-state index < -0.39 is 0 Å². The van der Waals surface area contributed by atoms with Crippen LogP contribution in [-0.4, -0.2) is 37.6 Å². The van der Waals surface area contributed by atoms with Crippen molar-refractivity contribution in [3.05, 3.63) is 45.0 Å². The molecule has 2 aromatic carbocycles. The van der Waals surface area contributed by atoms with E-state index in [1.54, 1.807) is 24.3 Å². The summed E-state index contributed by atoms with van der Waals surface area (Å²) in [5, 5.41) is 13.8. The Bertz CT molecular complexity index is 854. The minimum absolute atomic E-state index is 0.0768. The van der Waals surface area contributed by atoms with Crippen molar-refractivity contribution in [2.75, 3.05) is 20.3 Å². The number of rotatable bonds is 5. The normalized spacial score (nSPS) is 12.8. The van der Waals surface area contributed by atoms with E-state index in [0.717, 1.165) is 5.56 Å². The summed E-state index contributed by atoms with van der Waals surface area (Å²) in [5.74, 6) is 1.51. The molecule has 0 unspecified atom stereocenters. The molecule has 136 valence electrons. The average molecular weight is 468 g/mol. The number of ether oxygens (including phenoxy) is 3. The zero-order chi connectivity index (χ0) is 18.5. The van der Waals surface area contributed by atoms with E-state index >= 15 is 0 Å². The Morgan fingerprint density at radius 2 is 2.08 bits per heavy atom. The number of benzene rings is 2. The number of nitrogens with one attached hydrogen (secondary N) is 1. The van der Waals surface area contributed by atoms with Crippen LogP contribution in [0.1, 0.15) is 11.1 Å². The number of hydrogen-bond acceptors (Lipinski definition) is 6. The fourth-order valence-corrected chi connectivity index (χ4v) is 3.05. The van der Waals surface area contributed by atoms with E-state index in [1.165, 1.54) is 13.3 Å². The predicted molar refractivity (Wildman–Crippen MR) is 104 cm³/mol. The number of nitrogens with zero attached hydrogens (tertiary/aromatic N) is 1. The molecule has 1 amide bonds. The average Bonchev–Trinajstić information content (AvgIpc) is 2.64. The molecular weight excluding hydrogens is 451 g/mol. The lowest BCUT2D eigenvalue weighted by atomic mass is 10.1. The Balaban J connectivity index is 1.60. The first kappa shape index (κ1) is 18.3. The van der Waals surface area contributed by atoms with E-state index in [-0.39, 0.29) is 18.1 Å². The van der Waals surface area contributed by atoms with Crippen molar-refractivity contribution in [3.63, 3.8) is 0 Å². The van der Waals surface area contributed by atoms with Crippen LogP contribution in [0, 0.1) is 3.57 Å². The third-order valence-corrected chi connectivity index (χ3v) is 4.47. The summed E-state index contributed by atoms with van der Waals surface area (Å²) < 4.78 is 16.7. The molecule has 1 aliphatic rings. The van der Waals surface area contributed by atoms with Gasteiger partial charge in [0.2, 0.25) is 5.91 Å². The lowest BCUT2D eigenvalue weighted by Crippen LogP contribution is -2.20. The lowest BCUT2D eigenvalue weighted by molar-refractivity contribution is -0.120. The Morgan fingerprint density at radius 1 is 1.31 bits per heavy atom. The molecule has 0 atom stereocenters. The van der Waals surface area contributed by atoms with Crippen LogP contribution in [0.3, 0.4) is 0 Å². The molecular formula is C18H17IN2O5. The largest absolute Gasteiger partial charge is 0.504 e. The first-order valence-electron chi connectivity index (χ1n) is 7.84. The fraction of sp³-hybridized carbons (Fsp3) is 0.222. The van der Waals surface area contributed by atoms with Gasteiger partial charge in [-0.1, -0.05) is 6.07 Å². The van der Waals surface area contributed by atoms with Gasteiger partial charge in [-0.25, -0.2) is 5.43 Å². The first-order valence-corrected chi connectivity index (χ1v) is 8.91. The van der Waals surface area contributed by atoms with Crippen molar-refractivity contribution < 1.29 is 24.1 Å². The van der Waals surface area contributed by atoms with Crippen molar-refractivity contribution in [3.8, 4) is 23.0 Å². The first-order chi connectivity index (χ1) is 12.6. The fourth-order valence-electron chi connectivity index (χ4n) is 2.43. The molecule has 26 heavy (non-hydrogen) atoms. The topological polar surface area (TPSA) is 89.4 Å². The summed E-state index contributed by atoms with van der Waals surface area (Å²) in [6, 6.07) is 8.78. The highest BCUT2D eigenvalue weighted by Crippen LogP contribution is 2.32. The number of halogens is 1. The Kier molecular flexibility index (Phi) is 5.82. The van der Waals surface area contributed by atoms with E-state index in [9.17, 15) is 9.90 Å². The number of hydrogen-bond donors (Lipinski definition) is 2. The Hall–Kier alpha value is -2.49. The highest BCUT2D eigenvalue weighted by molar-refractivity contribution is 14.1. The van der Waals surface area contributed by atoms with Crippen LogP contribution in [0.2, 0.25) is 0 Å². The van der Waals surface area contributed by atoms with Gasteiger partial charge in [0.15, 0.2) is 23.0 Å². The highest BCUT2D eigenvalue weighted by atomic mass is 127. The van der Waals surface area contributed by atoms with Gasteiger partial charge in [0.1, 0.15) is 13.2 Å². The van der Waals surface area contributed by atoms with Crippen LogP contribution in [-0.2, 0) is 11.2 Å². The van der Waals surface area contributed by atoms with Crippen molar-refractivity contribution in [2.24, 2.45) is 5.10 Å². The van der Waals surface area contributed by atoms with Crippen molar-refractivity contribution in [1.82, 2.24) is 5.43 Å². The van der Waals surface area contributed by atoms with Gasteiger partial charge in [-0.3, -0.25) is 4.79 Å². The van der Waals surface area contributed by atoms with Crippen LogP contribution in [0.15, 0.2) is 35.4 Å². The maximum absolute atomic E-state index is 12.1. The Labute approximate surface area is 164 Å². The number of carbonyl (C=O) groups excluding carboxylic acids is 1. The minimum atomic E-state index is -0.252. The minimum Gasteiger partial charge on any atom is -0.504 e. The quantitative estimate of drug-likeness (QED) is 0.400. The van der Waals surface area contributed by atoms with Crippen molar-refractivity contribution in [1.29, 1.82) is 0 Å². The molecule has 0 spiro atoms. The van der Waals surface area contributed by atoms with Crippen molar-refractivity contribution in [2.45, 2.75) is 6.42 Å². The summed E-state index contributed by atoms with van der Waals surface area (Å²) in [6.07, 6.45) is 1.66. The number of carbonyl (C=O) groups is 1. The predicted octanol–water partition coefficient (Wildman–Crippen LogP) is 2.47. The van der Waals surface area contributed by atoms with E-state index in [2.05, 4.69) is 10.5 Å². The molecule has 0 aliphatic carbocycles. The molecule has 3 rings (SSSR count). The molecule has 7 nitrogen and oxygen atoms in total. The molecule has 0 saturated heterocycles. The summed E-state index contributed by atoms with van der Waals surface area (Å²) in [6.45, 7) is 1.03. The maximum atomic E-state index is 12.1. The SMILES string of the molecule is COc1cc(/C=N/NC(=O)Cc2ccc3c(c2)OCCO3)cc(I)c1O. The maximum Gasteiger partial charge on any atom is 0.244 e. The molecule has 2 aromatic rings. The molecule has 1 aliphatic heterocycles. The van der Waals surface area contributed by atoms with E-state index in [4.69, 9.17) is 14.2 Å². The van der Waals surface area contributed by atoms with E-state index in [0.29, 0.717) is 39.6 Å². The zero-order valence-corrected chi connectivity index (χ0v) is 16.1. The van der Waals surface area contributed by atoms with Gasteiger partial charge in [0, 0.05) is 0 Å². The summed E-state index contributed by atoms with van der Waals surface area (Å²) in [4.78, 5) is 12.1. The smallest absolute Gasteiger partial charge is 0.244 e. The zero-order valence-electron chi connectivity index (χ0n) is 14.0. The number of hydrazone groups is 1. The van der Waals surface area contributed by atoms with Gasteiger partial charge in [0.25, 0.3) is 0 Å². The van der Waals surface area contributed by atoms with Crippen LogP contribution in [0.5, 0.6) is 23.0 Å².